The number of rotatable bonds is 3. The van der Waals surface area contributed by atoms with Crippen LogP contribution in [-0.4, -0.2) is 0 Å². The van der Waals surface area contributed by atoms with E-state index in [-0.39, 0.29) is 6.61 Å². The zero-order valence-electron chi connectivity index (χ0n) is 10.3. The third kappa shape index (κ3) is 2.59. The highest BCUT2D eigenvalue weighted by Gasteiger charge is 2.26. The second kappa shape index (κ2) is 5.48. The maximum Gasteiger partial charge on any atom is 0.207 e. The first kappa shape index (κ1) is 14.3. The van der Waals surface area contributed by atoms with Gasteiger partial charge in [-0.05, 0) is 12.5 Å². The van der Waals surface area contributed by atoms with Gasteiger partial charge in [-0.2, -0.15) is 8.78 Å². The van der Waals surface area contributed by atoms with Crippen LogP contribution in [-0.2, 0) is 6.61 Å². The molecule has 1 nitrogen and oxygen atoms in total. The van der Waals surface area contributed by atoms with Crippen LogP contribution in [0.25, 0.3) is 0 Å². The summed E-state index contributed by atoms with van der Waals surface area (Å²) in [5, 5.41) is 0. The van der Waals surface area contributed by atoms with E-state index in [2.05, 4.69) is 0 Å². The van der Waals surface area contributed by atoms with Crippen LogP contribution >= 0.6 is 0 Å². The molecule has 0 aliphatic carbocycles. The topological polar surface area (TPSA) is 9.23 Å². The number of halogens is 5. The molecule has 0 bridgehead atoms. The van der Waals surface area contributed by atoms with Gasteiger partial charge in [-0.3, -0.25) is 0 Å². The van der Waals surface area contributed by atoms with Gasteiger partial charge in [0.15, 0.2) is 5.75 Å². The first-order valence-corrected chi connectivity index (χ1v) is 5.61. The lowest BCUT2D eigenvalue weighted by Gasteiger charge is -2.10. The summed E-state index contributed by atoms with van der Waals surface area (Å²) in [5.74, 6) is -11.5. The lowest BCUT2D eigenvalue weighted by atomic mass is 10.2. The summed E-state index contributed by atoms with van der Waals surface area (Å²) in [6.45, 7) is 1.54. The van der Waals surface area contributed by atoms with Gasteiger partial charge in [-0.15, -0.1) is 0 Å². The van der Waals surface area contributed by atoms with Crippen molar-refractivity contribution >= 4 is 0 Å². The Balaban J connectivity index is 2.28. The van der Waals surface area contributed by atoms with Crippen molar-refractivity contribution in [1.82, 2.24) is 0 Å². The lowest BCUT2D eigenvalue weighted by molar-refractivity contribution is 0.253. The third-order valence-corrected chi connectivity index (χ3v) is 2.67. The Kier molecular flexibility index (Phi) is 3.92. The van der Waals surface area contributed by atoms with E-state index in [0.717, 1.165) is 5.56 Å². The predicted molar refractivity (Wildman–Crippen MR) is 61.7 cm³/mol. The predicted octanol–water partition coefficient (Wildman–Crippen LogP) is 4.27. The minimum Gasteiger partial charge on any atom is -0.483 e. The fraction of sp³-hybridized carbons (Fsp3) is 0.143. The smallest absolute Gasteiger partial charge is 0.207 e. The molecule has 0 N–H and O–H groups in total. The van der Waals surface area contributed by atoms with E-state index < -0.39 is 34.8 Å². The fourth-order valence-corrected chi connectivity index (χ4v) is 1.55. The number of aryl methyl sites for hydroxylation is 1. The van der Waals surface area contributed by atoms with Gasteiger partial charge in [0.1, 0.15) is 6.61 Å². The highest BCUT2D eigenvalue weighted by molar-refractivity contribution is 5.30. The van der Waals surface area contributed by atoms with Gasteiger partial charge in [0.25, 0.3) is 0 Å². The van der Waals surface area contributed by atoms with Gasteiger partial charge in [0, 0.05) is 0 Å². The van der Waals surface area contributed by atoms with E-state index in [9.17, 15) is 22.0 Å². The molecule has 20 heavy (non-hydrogen) atoms. The maximum absolute atomic E-state index is 13.3. The Morgan fingerprint density at radius 2 is 1.20 bits per heavy atom. The zero-order valence-corrected chi connectivity index (χ0v) is 10.3. The third-order valence-electron chi connectivity index (χ3n) is 2.67. The molecule has 6 heteroatoms. The second-order valence-electron chi connectivity index (χ2n) is 4.17. The zero-order chi connectivity index (χ0) is 14.9. The Morgan fingerprint density at radius 3 is 1.70 bits per heavy atom. The lowest BCUT2D eigenvalue weighted by Crippen LogP contribution is -2.07. The van der Waals surface area contributed by atoms with Gasteiger partial charge in [-0.1, -0.05) is 29.8 Å². The van der Waals surface area contributed by atoms with Crippen molar-refractivity contribution in [1.29, 1.82) is 0 Å². The van der Waals surface area contributed by atoms with Crippen LogP contribution in [0.5, 0.6) is 5.75 Å². The standard InChI is InChI=1S/C14H9F5O/c1-7-2-4-8(5-3-7)6-20-14-12(18)10(16)9(15)11(17)13(14)19/h2-5H,6H2,1H3. The minimum atomic E-state index is -2.21. The van der Waals surface area contributed by atoms with Gasteiger partial charge < -0.3 is 4.74 Å². The van der Waals surface area contributed by atoms with Crippen molar-refractivity contribution in [3.05, 3.63) is 64.5 Å². The summed E-state index contributed by atoms with van der Waals surface area (Å²) >= 11 is 0. The largest absolute Gasteiger partial charge is 0.483 e. The van der Waals surface area contributed by atoms with Crippen molar-refractivity contribution in [2.75, 3.05) is 0 Å². The van der Waals surface area contributed by atoms with Gasteiger partial charge in [0.2, 0.25) is 29.1 Å². The molecular formula is C14H9F5O. The van der Waals surface area contributed by atoms with E-state index in [1.165, 1.54) is 0 Å². The molecule has 0 aromatic heterocycles. The summed E-state index contributed by atoms with van der Waals surface area (Å²) in [5.41, 5.74) is 1.50. The van der Waals surface area contributed by atoms with E-state index in [4.69, 9.17) is 4.74 Å². The van der Waals surface area contributed by atoms with Crippen LogP contribution in [0.2, 0.25) is 0 Å². The number of hydrogen-bond donors (Lipinski definition) is 0. The fourth-order valence-electron chi connectivity index (χ4n) is 1.55. The molecule has 2 aromatic rings. The molecule has 2 rings (SSSR count). The summed E-state index contributed by atoms with van der Waals surface area (Å²) in [6, 6.07) is 6.72. The summed E-state index contributed by atoms with van der Waals surface area (Å²) in [7, 11) is 0. The van der Waals surface area contributed by atoms with E-state index in [0.29, 0.717) is 5.56 Å². The monoisotopic (exact) mass is 288 g/mol. The molecule has 0 atom stereocenters. The molecule has 0 aliphatic heterocycles. The normalized spacial score (nSPS) is 10.7. The van der Waals surface area contributed by atoms with Crippen LogP contribution < -0.4 is 4.74 Å². The van der Waals surface area contributed by atoms with Crippen LogP contribution in [0, 0.1) is 36.0 Å². The van der Waals surface area contributed by atoms with Crippen molar-refractivity contribution in [3.63, 3.8) is 0 Å². The molecule has 0 saturated heterocycles. The SMILES string of the molecule is Cc1ccc(COc2c(F)c(F)c(F)c(F)c2F)cc1. The van der Waals surface area contributed by atoms with Crippen LogP contribution in [0.1, 0.15) is 11.1 Å². The first-order valence-electron chi connectivity index (χ1n) is 5.61. The molecule has 0 aliphatic rings. The molecule has 0 fully saturated rings. The van der Waals surface area contributed by atoms with Crippen molar-refractivity contribution < 1.29 is 26.7 Å². The first-order chi connectivity index (χ1) is 9.41. The molecule has 0 saturated carbocycles. The molecule has 0 amide bonds. The average Bonchev–Trinajstić information content (AvgIpc) is 2.45. The number of ether oxygens (including phenoxy) is 1. The quantitative estimate of drug-likeness (QED) is 0.465. The average molecular weight is 288 g/mol. The summed E-state index contributed by atoms with van der Waals surface area (Å²) in [6.07, 6.45) is 0. The Bertz CT molecular complexity index is 608. The Labute approximate surface area is 111 Å². The molecule has 0 unspecified atom stereocenters. The number of hydrogen-bond acceptors (Lipinski definition) is 1. The van der Waals surface area contributed by atoms with Crippen molar-refractivity contribution in [2.45, 2.75) is 13.5 Å². The molecule has 2 aromatic carbocycles. The molecule has 0 radical (unpaired) electrons. The van der Waals surface area contributed by atoms with Crippen molar-refractivity contribution in [3.8, 4) is 5.75 Å². The molecule has 0 heterocycles. The molecule has 106 valence electrons. The minimum absolute atomic E-state index is 0.307. The number of benzene rings is 2. The molecular weight excluding hydrogens is 279 g/mol. The Hall–Kier alpha value is -2.11. The van der Waals surface area contributed by atoms with Gasteiger partial charge in [-0.25, -0.2) is 13.2 Å². The van der Waals surface area contributed by atoms with Crippen LogP contribution in [0.4, 0.5) is 22.0 Å². The van der Waals surface area contributed by atoms with Gasteiger partial charge in [0.05, 0.1) is 0 Å². The van der Waals surface area contributed by atoms with Crippen molar-refractivity contribution in [2.24, 2.45) is 0 Å². The van der Waals surface area contributed by atoms with Gasteiger partial charge >= 0.3 is 0 Å². The van der Waals surface area contributed by atoms with Crippen LogP contribution in [0.3, 0.4) is 0 Å². The highest BCUT2D eigenvalue weighted by Crippen LogP contribution is 2.29. The maximum atomic E-state index is 13.3. The Morgan fingerprint density at radius 1 is 0.750 bits per heavy atom. The van der Waals surface area contributed by atoms with E-state index >= 15 is 0 Å². The summed E-state index contributed by atoms with van der Waals surface area (Å²) < 4.78 is 70.1. The summed E-state index contributed by atoms with van der Waals surface area (Å²) in [4.78, 5) is 0. The molecule has 0 spiro atoms. The second-order valence-corrected chi connectivity index (χ2v) is 4.17. The van der Waals surface area contributed by atoms with Crippen LogP contribution in [0.15, 0.2) is 24.3 Å². The van der Waals surface area contributed by atoms with E-state index in [1.54, 1.807) is 24.3 Å². The van der Waals surface area contributed by atoms with E-state index in [1.807, 2.05) is 6.92 Å². The highest BCUT2D eigenvalue weighted by atomic mass is 19.2.